The number of ether oxygens (including phenoxy) is 1. The Hall–Kier alpha value is -3.62. The number of aromatic hydroxyl groups is 1. The molecule has 0 spiro atoms. The first-order valence-corrected chi connectivity index (χ1v) is 11.6. The minimum atomic E-state index is -4.80. The van der Waals surface area contributed by atoms with Crippen LogP contribution in [0, 0.1) is 6.92 Å². The van der Waals surface area contributed by atoms with Crippen molar-refractivity contribution in [2.75, 3.05) is 19.0 Å². The van der Waals surface area contributed by atoms with Crippen molar-refractivity contribution in [3.63, 3.8) is 0 Å². The van der Waals surface area contributed by atoms with Crippen LogP contribution >= 0.6 is 0 Å². The van der Waals surface area contributed by atoms with E-state index in [0.717, 1.165) is 23.0 Å². The summed E-state index contributed by atoms with van der Waals surface area (Å²) in [5.41, 5.74) is 4.07. The summed E-state index contributed by atoms with van der Waals surface area (Å²) in [6.07, 6.45) is -3.92. The van der Waals surface area contributed by atoms with Gasteiger partial charge in [0.25, 0.3) is 0 Å². The molecule has 0 amide bonds. The maximum Gasteiger partial charge on any atom is 0.451 e. The van der Waals surface area contributed by atoms with E-state index in [0.29, 0.717) is 0 Å². The van der Waals surface area contributed by atoms with Gasteiger partial charge in [-0.15, -0.1) is 0 Å². The first kappa shape index (κ1) is 27.0. The second kappa shape index (κ2) is 10.6. The van der Waals surface area contributed by atoms with Gasteiger partial charge in [0.2, 0.25) is 5.82 Å². The number of Topliss-reactive ketones (excluding diaryl/α,β-unsaturated/α-hetero) is 1. The molecule has 9 heteroatoms. The van der Waals surface area contributed by atoms with Crippen LogP contribution < -0.4 is 10.1 Å². The smallest absolute Gasteiger partial charge is 0.451 e. The summed E-state index contributed by atoms with van der Waals surface area (Å²) in [5.74, 6) is -1.47. The Kier molecular flexibility index (Phi) is 7.91. The van der Waals surface area contributed by atoms with Crippen LogP contribution in [0.1, 0.15) is 72.4 Å². The lowest BCUT2D eigenvalue weighted by molar-refractivity contribution is -0.144. The summed E-state index contributed by atoms with van der Waals surface area (Å²) in [7, 11) is 1.35. The molecule has 6 nitrogen and oxygen atoms in total. The van der Waals surface area contributed by atoms with Crippen LogP contribution in [0.5, 0.6) is 11.5 Å². The molecule has 0 fully saturated rings. The van der Waals surface area contributed by atoms with Crippen LogP contribution in [0.15, 0.2) is 36.5 Å². The highest BCUT2D eigenvalue weighted by molar-refractivity contribution is 6.03. The zero-order chi connectivity index (χ0) is 26.8. The minimum absolute atomic E-state index is 0.0969. The van der Waals surface area contributed by atoms with E-state index >= 15 is 0 Å². The van der Waals surface area contributed by atoms with Gasteiger partial charge in [-0.25, -0.2) is 9.97 Å². The summed E-state index contributed by atoms with van der Waals surface area (Å²) in [4.78, 5) is 20.2. The highest BCUT2D eigenvalue weighted by Crippen LogP contribution is 2.35. The number of ketones is 1. The first-order chi connectivity index (χ1) is 16.8. The molecule has 0 atom stereocenters. The SMILES string of the molecule is COc1ccc(-c2nc(C(F)(F)F)ncc2C(=O)CNc2cc(C(C)C)c(C)c(C(C)C)c2)cc1O. The van der Waals surface area contributed by atoms with Crippen molar-refractivity contribution in [2.45, 2.75) is 52.6 Å². The van der Waals surface area contributed by atoms with Crippen molar-refractivity contribution in [3.05, 3.63) is 64.6 Å². The third-order valence-electron chi connectivity index (χ3n) is 5.98. The summed E-state index contributed by atoms with van der Waals surface area (Å²) in [5, 5.41) is 13.3. The van der Waals surface area contributed by atoms with E-state index in [1.54, 1.807) is 0 Å². The van der Waals surface area contributed by atoms with Crippen LogP contribution in [-0.4, -0.2) is 34.5 Å². The number of alkyl halides is 3. The first-order valence-electron chi connectivity index (χ1n) is 11.6. The molecule has 0 radical (unpaired) electrons. The number of aromatic nitrogens is 2. The number of halogens is 3. The summed E-state index contributed by atoms with van der Waals surface area (Å²) < 4.78 is 45.0. The molecular formula is C27H30F3N3O3. The van der Waals surface area contributed by atoms with Gasteiger partial charge in [0.05, 0.1) is 24.9 Å². The number of carbonyl (C=O) groups excluding carboxylic acids is 1. The highest BCUT2D eigenvalue weighted by Gasteiger charge is 2.36. The van der Waals surface area contributed by atoms with Gasteiger partial charge in [0.15, 0.2) is 17.3 Å². The zero-order valence-electron chi connectivity index (χ0n) is 21.1. The lowest BCUT2D eigenvalue weighted by Crippen LogP contribution is -2.19. The number of benzene rings is 2. The van der Waals surface area contributed by atoms with E-state index in [9.17, 15) is 23.1 Å². The zero-order valence-corrected chi connectivity index (χ0v) is 21.1. The van der Waals surface area contributed by atoms with E-state index < -0.39 is 17.8 Å². The predicted octanol–water partition coefficient (Wildman–Crippen LogP) is 6.73. The third kappa shape index (κ3) is 5.78. The van der Waals surface area contributed by atoms with Crippen molar-refractivity contribution >= 4 is 11.5 Å². The molecule has 3 rings (SSSR count). The number of phenolic OH excluding ortho intramolecular Hbond substituents is 1. The fourth-order valence-corrected chi connectivity index (χ4v) is 4.12. The number of carbonyl (C=O) groups is 1. The van der Waals surface area contributed by atoms with Crippen LogP contribution in [-0.2, 0) is 6.18 Å². The Labute approximate surface area is 208 Å². The second-order valence-corrected chi connectivity index (χ2v) is 9.21. The predicted molar refractivity (Wildman–Crippen MR) is 133 cm³/mol. The number of methoxy groups -OCH3 is 1. The molecule has 2 aromatic carbocycles. The quantitative estimate of drug-likeness (QED) is 0.333. The fourth-order valence-electron chi connectivity index (χ4n) is 4.12. The van der Waals surface area contributed by atoms with Gasteiger partial charge in [0.1, 0.15) is 0 Å². The molecule has 2 N–H and O–H groups in total. The molecule has 36 heavy (non-hydrogen) atoms. The van der Waals surface area contributed by atoms with Crippen molar-refractivity contribution in [3.8, 4) is 22.8 Å². The Morgan fingerprint density at radius 1 is 1.08 bits per heavy atom. The van der Waals surface area contributed by atoms with Gasteiger partial charge in [-0.05, 0) is 65.8 Å². The summed E-state index contributed by atoms with van der Waals surface area (Å²) in [6.45, 7) is 10.3. The van der Waals surface area contributed by atoms with Crippen LogP contribution in [0.2, 0.25) is 0 Å². The summed E-state index contributed by atoms with van der Waals surface area (Å²) in [6, 6.07) is 8.00. The molecule has 0 saturated heterocycles. The Balaban J connectivity index is 1.99. The van der Waals surface area contributed by atoms with E-state index in [1.165, 1.54) is 30.9 Å². The number of hydrogen-bond donors (Lipinski definition) is 2. The molecule has 192 valence electrons. The average molecular weight is 502 g/mol. The van der Waals surface area contributed by atoms with Crippen LogP contribution in [0.4, 0.5) is 18.9 Å². The number of hydrogen-bond acceptors (Lipinski definition) is 6. The minimum Gasteiger partial charge on any atom is -0.504 e. The number of nitrogens with one attached hydrogen (secondary N) is 1. The monoisotopic (exact) mass is 501 g/mol. The molecule has 1 aromatic heterocycles. The number of phenols is 1. The topological polar surface area (TPSA) is 84.3 Å². The number of anilines is 1. The number of nitrogens with zero attached hydrogens (tertiary/aromatic N) is 2. The Morgan fingerprint density at radius 3 is 2.19 bits per heavy atom. The van der Waals surface area contributed by atoms with Crippen molar-refractivity contribution < 1.29 is 27.8 Å². The molecule has 0 aliphatic rings. The molecule has 0 aliphatic carbocycles. The lowest BCUT2D eigenvalue weighted by Gasteiger charge is -2.20. The van der Waals surface area contributed by atoms with Gasteiger partial charge in [-0.2, -0.15) is 13.2 Å². The third-order valence-corrected chi connectivity index (χ3v) is 5.98. The molecule has 0 aliphatic heterocycles. The largest absolute Gasteiger partial charge is 0.504 e. The van der Waals surface area contributed by atoms with Crippen molar-refractivity contribution in [2.24, 2.45) is 0 Å². The standard InChI is InChI=1S/C27H30F3N3O3/c1-14(2)19-10-18(11-20(15(3)4)16(19)5)31-13-23(35)21-12-32-26(27(28,29)30)33-25(21)17-7-8-24(36-6)22(34)9-17/h7-12,14-15,31,34H,13H2,1-6H3. The summed E-state index contributed by atoms with van der Waals surface area (Å²) >= 11 is 0. The lowest BCUT2D eigenvalue weighted by atomic mass is 9.89. The molecule has 1 heterocycles. The van der Waals surface area contributed by atoms with E-state index in [2.05, 4.69) is 49.9 Å². The maximum absolute atomic E-state index is 13.3. The molecule has 0 unspecified atom stereocenters. The Bertz CT molecular complexity index is 1240. The van der Waals surface area contributed by atoms with Crippen LogP contribution in [0.25, 0.3) is 11.3 Å². The molecule has 0 saturated carbocycles. The van der Waals surface area contributed by atoms with Crippen molar-refractivity contribution in [1.29, 1.82) is 0 Å². The van der Waals surface area contributed by atoms with E-state index in [4.69, 9.17) is 4.74 Å². The number of rotatable bonds is 8. The normalized spacial score (nSPS) is 11.8. The van der Waals surface area contributed by atoms with Crippen molar-refractivity contribution in [1.82, 2.24) is 9.97 Å². The molecular weight excluding hydrogens is 471 g/mol. The maximum atomic E-state index is 13.3. The van der Waals surface area contributed by atoms with Gasteiger partial charge >= 0.3 is 6.18 Å². The van der Waals surface area contributed by atoms with E-state index in [-0.39, 0.29) is 46.7 Å². The highest BCUT2D eigenvalue weighted by atomic mass is 19.4. The molecule has 0 bridgehead atoms. The fraction of sp³-hybridized carbons (Fsp3) is 0.370. The van der Waals surface area contributed by atoms with Gasteiger partial charge < -0.3 is 15.2 Å². The van der Waals surface area contributed by atoms with Gasteiger partial charge in [0, 0.05) is 17.4 Å². The van der Waals surface area contributed by atoms with E-state index in [1.807, 2.05) is 12.1 Å². The average Bonchev–Trinajstić information content (AvgIpc) is 2.81. The second-order valence-electron chi connectivity index (χ2n) is 9.21. The van der Waals surface area contributed by atoms with Gasteiger partial charge in [-0.3, -0.25) is 4.79 Å². The van der Waals surface area contributed by atoms with Gasteiger partial charge in [-0.1, -0.05) is 27.7 Å². The Morgan fingerprint density at radius 2 is 1.69 bits per heavy atom. The molecule has 3 aromatic rings. The van der Waals surface area contributed by atoms with Crippen LogP contribution in [0.3, 0.4) is 0 Å².